The SMILES string of the molecule is COc1ccc(N(C)S(=O)(=O)c2cccc(C(=O)N3CCN(c4nccs4)CC3)c2)cc1. The van der Waals surface area contributed by atoms with Crippen LogP contribution in [0.15, 0.2) is 65.0 Å². The molecule has 1 saturated heterocycles. The highest BCUT2D eigenvalue weighted by molar-refractivity contribution is 7.92. The number of carbonyl (C=O) groups is 1. The van der Waals surface area contributed by atoms with Crippen molar-refractivity contribution in [2.45, 2.75) is 4.90 Å². The molecular formula is C22H24N4O4S2. The molecule has 0 aliphatic carbocycles. The van der Waals surface area contributed by atoms with Gasteiger partial charge in [0, 0.05) is 50.4 Å². The number of amides is 1. The van der Waals surface area contributed by atoms with Crippen molar-refractivity contribution in [2.75, 3.05) is 49.5 Å². The standard InChI is InChI=1S/C22H24N4O4S2/c1-24(18-6-8-19(30-2)9-7-18)32(28,29)20-5-3-4-17(16-20)21(27)25-11-13-26(14-12-25)22-23-10-15-31-22/h3-10,15-16H,11-14H2,1-2H3. The highest BCUT2D eigenvalue weighted by atomic mass is 32.2. The molecule has 0 radical (unpaired) electrons. The number of hydrogen-bond acceptors (Lipinski definition) is 7. The number of methoxy groups -OCH3 is 1. The number of sulfonamides is 1. The summed E-state index contributed by atoms with van der Waals surface area (Å²) in [6.07, 6.45) is 1.77. The Balaban J connectivity index is 1.49. The summed E-state index contributed by atoms with van der Waals surface area (Å²) in [4.78, 5) is 21.4. The van der Waals surface area contributed by atoms with Gasteiger partial charge in [0.05, 0.1) is 17.7 Å². The fraction of sp³-hybridized carbons (Fsp3) is 0.273. The van der Waals surface area contributed by atoms with E-state index in [4.69, 9.17) is 4.74 Å². The quantitative estimate of drug-likeness (QED) is 0.549. The zero-order chi connectivity index (χ0) is 22.7. The smallest absolute Gasteiger partial charge is 0.264 e. The minimum atomic E-state index is -3.83. The maximum Gasteiger partial charge on any atom is 0.264 e. The van der Waals surface area contributed by atoms with Crippen LogP contribution in [0.4, 0.5) is 10.8 Å². The van der Waals surface area contributed by atoms with Gasteiger partial charge in [0.25, 0.3) is 15.9 Å². The third-order valence-electron chi connectivity index (χ3n) is 5.43. The summed E-state index contributed by atoms with van der Waals surface area (Å²) in [6.45, 7) is 2.50. The molecule has 3 aromatic rings. The molecule has 4 rings (SSSR count). The van der Waals surface area contributed by atoms with Crippen molar-refractivity contribution in [1.82, 2.24) is 9.88 Å². The normalized spacial score (nSPS) is 14.3. The third kappa shape index (κ3) is 4.42. The van der Waals surface area contributed by atoms with Crippen molar-refractivity contribution < 1.29 is 17.9 Å². The van der Waals surface area contributed by atoms with Crippen LogP contribution in [0.2, 0.25) is 0 Å². The Morgan fingerprint density at radius 1 is 1.09 bits per heavy atom. The maximum absolute atomic E-state index is 13.2. The van der Waals surface area contributed by atoms with Crippen molar-refractivity contribution in [2.24, 2.45) is 0 Å². The number of carbonyl (C=O) groups excluding carboxylic acids is 1. The lowest BCUT2D eigenvalue weighted by Gasteiger charge is -2.34. The molecule has 2 heterocycles. The van der Waals surface area contributed by atoms with Crippen LogP contribution in [0.25, 0.3) is 0 Å². The Hall–Kier alpha value is -3.11. The first-order valence-corrected chi connectivity index (χ1v) is 12.4. The summed E-state index contributed by atoms with van der Waals surface area (Å²) in [5.74, 6) is 0.468. The van der Waals surface area contributed by atoms with E-state index in [2.05, 4.69) is 9.88 Å². The largest absolute Gasteiger partial charge is 0.497 e. The molecule has 0 saturated carbocycles. The number of benzene rings is 2. The van der Waals surface area contributed by atoms with Crippen molar-refractivity contribution >= 4 is 38.1 Å². The van der Waals surface area contributed by atoms with E-state index in [0.29, 0.717) is 43.2 Å². The molecule has 0 spiro atoms. The summed E-state index contributed by atoms with van der Waals surface area (Å²) < 4.78 is 32.7. The molecule has 0 atom stereocenters. The second-order valence-corrected chi connectivity index (χ2v) is 10.1. The highest BCUT2D eigenvalue weighted by Gasteiger charge is 2.26. The van der Waals surface area contributed by atoms with Crippen LogP contribution < -0.4 is 13.9 Å². The first kappa shape index (κ1) is 22.1. The summed E-state index contributed by atoms with van der Waals surface area (Å²) in [7, 11) is -0.788. The predicted octanol–water partition coefficient (Wildman–Crippen LogP) is 2.94. The zero-order valence-corrected chi connectivity index (χ0v) is 19.5. The summed E-state index contributed by atoms with van der Waals surface area (Å²) >= 11 is 1.58. The van der Waals surface area contributed by atoms with Gasteiger partial charge in [0.15, 0.2) is 5.13 Å². The van der Waals surface area contributed by atoms with Crippen LogP contribution in [-0.2, 0) is 10.0 Å². The lowest BCUT2D eigenvalue weighted by molar-refractivity contribution is 0.0746. The van der Waals surface area contributed by atoms with E-state index in [1.807, 2.05) is 5.38 Å². The van der Waals surface area contributed by atoms with E-state index in [-0.39, 0.29) is 10.8 Å². The summed E-state index contributed by atoms with van der Waals surface area (Å²) in [5, 5.41) is 2.88. The van der Waals surface area contributed by atoms with E-state index < -0.39 is 10.0 Å². The van der Waals surface area contributed by atoms with Crippen LogP contribution in [0.3, 0.4) is 0 Å². The van der Waals surface area contributed by atoms with Crippen LogP contribution >= 0.6 is 11.3 Å². The fourth-order valence-corrected chi connectivity index (χ4v) is 5.47. The first-order valence-electron chi connectivity index (χ1n) is 10.1. The van der Waals surface area contributed by atoms with E-state index in [0.717, 1.165) is 5.13 Å². The van der Waals surface area contributed by atoms with Crippen LogP contribution in [0, 0.1) is 0 Å². The zero-order valence-electron chi connectivity index (χ0n) is 17.8. The number of ether oxygens (including phenoxy) is 1. The number of aromatic nitrogens is 1. The van der Waals surface area contributed by atoms with Crippen molar-refractivity contribution in [3.05, 3.63) is 65.7 Å². The fourth-order valence-electron chi connectivity index (χ4n) is 3.53. The Morgan fingerprint density at radius 3 is 2.44 bits per heavy atom. The van der Waals surface area contributed by atoms with Crippen molar-refractivity contribution in [1.29, 1.82) is 0 Å². The number of piperazine rings is 1. The molecule has 32 heavy (non-hydrogen) atoms. The predicted molar refractivity (Wildman–Crippen MR) is 125 cm³/mol. The molecule has 1 aliphatic heterocycles. The minimum Gasteiger partial charge on any atom is -0.497 e. The summed E-state index contributed by atoms with van der Waals surface area (Å²) in [5.41, 5.74) is 0.859. The van der Waals surface area contributed by atoms with Gasteiger partial charge in [-0.2, -0.15) is 0 Å². The van der Waals surface area contributed by atoms with E-state index >= 15 is 0 Å². The highest BCUT2D eigenvalue weighted by Crippen LogP contribution is 2.25. The third-order valence-corrected chi connectivity index (χ3v) is 8.05. The Morgan fingerprint density at radius 2 is 1.81 bits per heavy atom. The number of rotatable bonds is 6. The molecule has 10 heteroatoms. The molecular weight excluding hydrogens is 448 g/mol. The van der Waals surface area contributed by atoms with Gasteiger partial charge < -0.3 is 14.5 Å². The first-order chi connectivity index (χ1) is 15.4. The Labute approximate surface area is 191 Å². The summed E-state index contributed by atoms with van der Waals surface area (Å²) in [6, 6.07) is 13.0. The number of nitrogens with zero attached hydrogens (tertiary/aromatic N) is 4. The van der Waals surface area contributed by atoms with Crippen molar-refractivity contribution in [3.8, 4) is 5.75 Å². The van der Waals surface area contributed by atoms with E-state index in [9.17, 15) is 13.2 Å². The maximum atomic E-state index is 13.2. The van der Waals surface area contributed by atoms with Crippen LogP contribution in [0.5, 0.6) is 5.75 Å². The van der Waals surface area contributed by atoms with Gasteiger partial charge in [-0.1, -0.05) is 6.07 Å². The number of thiazole rings is 1. The monoisotopic (exact) mass is 472 g/mol. The van der Waals surface area contributed by atoms with E-state index in [1.54, 1.807) is 65.9 Å². The molecule has 168 valence electrons. The molecule has 2 aromatic carbocycles. The van der Waals surface area contributed by atoms with E-state index in [1.165, 1.54) is 23.5 Å². The van der Waals surface area contributed by atoms with Crippen molar-refractivity contribution in [3.63, 3.8) is 0 Å². The lowest BCUT2D eigenvalue weighted by Crippen LogP contribution is -2.48. The lowest BCUT2D eigenvalue weighted by atomic mass is 10.2. The number of hydrogen-bond donors (Lipinski definition) is 0. The average Bonchev–Trinajstić information content (AvgIpc) is 3.38. The molecule has 1 aliphatic rings. The van der Waals surface area contributed by atoms with Gasteiger partial charge in [-0.25, -0.2) is 13.4 Å². The second-order valence-electron chi connectivity index (χ2n) is 7.29. The molecule has 8 nitrogen and oxygen atoms in total. The van der Waals surface area contributed by atoms with Gasteiger partial charge in [-0.3, -0.25) is 9.10 Å². The van der Waals surface area contributed by atoms with Gasteiger partial charge in [-0.15, -0.1) is 11.3 Å². The molecule has 1 amide bonds. The van der Waals surface area contributed by atoms with Gasteiger partial charge in [0.1, 0.15) is 5.75 Å². The number of anilines is 2. The second kappa shape index (κ2) is 9.17. The van der Waals surface area contributed by atoms with Crippen LogP contribution in [0.1, 0.15) is 10.4 Å². The minimum absolute atomic E-state index is 0.0723. The Bertz CT molecular complexity index is 1170. The molecule has 1 aromatic heterocycles. The topological polar surface area (TPSA) is 83.0 Å². The molecule has 0 bridgehead atoms. The van der Waals surface area contributed by atoms with Crippen LogP contribution in [-0.4, -0.2) is 64.5 Å². The molecule has 0 N–H and O–H groups in total. The van der Waals surface area contributed by atoms with Gasteiger partial charge in [-0.05, 0) is 42.5 Å². The Kier molecular flexibility index (Phi) is 6.33. The molecule has 1 fully saturated rings. The average molecular weight is 473 g/mol. The molecule has 0 unspecified atom stereocenters. The van der Waals surface area contributed by atoms with Gasteiger partial charge >= 0.3 is 0 Å². The van der Waals surface area contributed by atoms with Gasteiger partial charge in [0.2, 0.25) is 0 Å².